The number of amides is 1. The Morgan fingerprint density at radius 3 is 2.64 bits per heavy atom. The van der Waals surface area contributed by atoms with Gasteiger partial charge in [0, 0.05) is 13.3 Å². The van der Waals surface area contributed by atoms with Crippen LogP contribution >= 0.6 is 23.2 Å². The van der Waals surface area contributed by atoms with Crippen molar-refractivity contribution in [3.63, 3.8) is 0 Å². The lowest BCUT2D eigenvalue weighted by molar-refractivity contribution is 0.102. The second kappa shape index (κ2) is 8.39. The van der Waals surface area contributed by atoms with Crippen molar-refractivity contribution >= 4 is 40.6 Å². The summed E-state index contributed by atoms with van der Waals surface area (Å²) >= 11 is 12.6. The van der Waals surface area contributed by atoms with Gasteiger partial charge in [-0.3, -0.25) is 19.1 Å². The van der Waals surface area contributed by atoms with Gasteiger partial charge < -0.3 is 15.8 Å². The highest BCUT2D eigenvalue weighted by Crippen LogP contribution is 2.30. The zero-order chi connectivity index (χ0) is 20.3. The molecule has 0 radical (unpaired) electrons. The Kier molecular flexibility index (Phi) is 5.93. The van der Waals surface area contributed by atoms with Gasteiger partial charge in [-0.15, -0.1) is 0 Å². The van der Waals surface area contributed by atoms with E-state index in [0.717, 1.165) is 10.1 Å². The topological polar surface area (TPSA) is 112 Å². The van der Waals surface area contributed by atoms with Crippen LogP contribution in [0.15, 0.2) is 47.8 Å². The molecule has 1 amide bonds. The van der Waals surface area contributed by atoms with Gasteiger partial charge in [0.25, 0.3) is 11.5 Å². The maximum atomic E-state index is 13.0. The number of nitrogens with two attached hydrogens (primary N) is 1. The highest BCUT2D eigenvalue weighted by atomic mass is 35.5. The second-order valence-electron chi connectivity index (χ2n) is 5.72. The van der Waals surface area contributed by atoms with E-state index in [1.807, 2.05) is 0 Å². The molecule has 0 fully saturated rings. The van der Waals surface area contributed by atoms with Crippen molar-refractivity contribution in [3.8, 4) is 5.69 Å². The summed E-state index contributed by atoms with van der Waals surface area (Å²) in [7, 11) is 1.54. The molecule has 2 heterocycles. The van der Waals surface area contributed by atoms with Crippen LogP contribution in [0.25, 0.3) is 5.69 Å². The Morgan fingerprint density at radius 2 is 2.04 bits per heavy atom. The maximum absolute atomic E-state index is 13.0. The van der Waals surface area contributed by atoms with Gasteiger partial charge >= 0.3 is 0 Å². The molecule has 0 bridgehead atoms. The summed E-state index contributed by atoms with van der Waals surface area (Å²) in [6.45, 7) is 0.299. The van der Waals surface area contributed by atoms with Crippen LogP contribution in [0.4, 0.5) is 11.5 Å². The molecular formula is C18H15Cl2N5O3. The minimum Gasteiger partial charge on any atom is -0.383 e. The third-order valence-electron chi connectivity index (χ3n) is 3.78. The van der Waals surface area contributed by atoms with E-state index in [-0.39, 0.29) is 27.1 Å². The molecule has 8 nitrogen and oxygen atoms in total. The first-order chi connectivity index (χ1) is 13.4. The third-order valence-corrected chi connectivity index (χ3v) is 4.35. The van der Waals surface area contributed by atoms with Crippen LogP contribution in [0.1, 0.15) is 15.9 Å². The van der Waals surface area contributed by atoms with E-state index in [2.05, 4.69) is 15.3 Å². The van der Waals surface area contributed by atoms with Crippen molar-refractivity contribution in [1.82, 2.24) is 14.5 Å². The summed E-state index contributed by atoms with van der Waals surface area (Å²) in [5, 5.41) is 2.96. The molecule has 1 aromatic carbocycles. The number of ether oxygens (including phenoxy) is 1. The van der Waals surface area contributed by atoms with Gasteiger partial charge in [0.05, 0.1) is 34.2 Å². The van der Waals surface area contributed by atoms with Crippen LogP contribution in [-0.4, -0.2) is 27.6 Å². The van der Waals surface area contributed by atoms with E-state index >= 15 is 0 Å². The summed E-state index contributed by atoms with van der Waals surface area (Å²) in [6.07, 6.45) is 4.16. The Labute approximate surface area is 169 Å². The number of carbonyl (C=O) groups excluding carboxylic acids is 1. The number of anilines is 2. The molecule has 0 aliphatic heterocycles. The zero-order valence-corrected chi connectivity index (χ0v) is 16.2. The molecule has 0 spiro atoms. The highest BCUT2D eigenvalue weighted by Gasteiger charge is 2.21. The number of nitrogens with zero attached hydrogens (tertiary/aromatic N) is 3. The van der Waals surface area contributed by atoms with Gasteiger partial charge in [0.2, 0.25) is 0 Å². The lowest BCUT2D eigenvalue weighted by Crippen LogP contribution is -2.31. The molecule has 3 N–H and O–H groups in total. The lowest BCUT2D eigenvalue weighted by Gasteiger charge is -2.14. The number of carbonyl (C=O) groups is 1. The van der Waals surface area contributed by atoms with Crippen molar-refractivity contribution in [1.29, 1.82) is 0 Å². The predicted molar refractivity (Wildman–Crippen MR) is 107 cm³/mol. The molecule has 0 saturated heterocycles. The third kappa shape index (κ3) is 3.99. The minimum atomic E-state index is -0.722. The minimum absolute atomic E-state index is 0.191. The first-order valence-corrected chi connectivity index (χ1v) is 8.73. The largest absolute Gasteiger partial charge is 0.383 e. The van der Waals surface area contributed by atoms with Crippen molar-refractivity contribution in [2.24, 2.45) is 0 Å². The van der Waals surface area contributed by atoms with Crippen LogP contribution < -0.4 is 16.6 Å². The number of hydrogen-bond acceptors (Lipinski definition) is 6. The average Bonchev–Trinajstić information content (AvgIpc) is 2.64. The number of nitrogens with one attached hydrogen (secondary N) is 1. The summed E-state index contributed by atoms with van der Waals surface area (Å²) in [4.78, 5) is 33.4. The second-order valence-corrected chi connectivity index (χ2v) is 6.53. The molecule has 0 aliphatic rings. The number of pyridine rings is 1. The van der Waals surface area contributed by atoms with Crippen LogP contribution in [0.5, 0.6) is 0 Å². The van der Waals surface area contributed by atoms with Crippen LogP contribution in [-0.2, 0) is 11.3 Å². The van der Waals surface area contributed by atoms with E-state index in [0.29, 0.717) is 12.3 Å². The number of benzene rings is 1. The first kappa shape index (κ1) is 19.8. The molecule has 0 saturated carbocycles. The summed E-state index contributed by atoms with van der Waals surface area (Å²) in [5.41, 5.74) is 6.06. The molecule has 2 aromatic heterocycles. The van der Waals surface area contributed by atoms with Gasteiger partial charge in [-0.25, -0.2) is 4.98 Å². The average molecular weight is 420 g/mol. The molecule has 144 valence electrons. The predicted octanol–water partition coefficient (Wildman–Crippen LogP) is 2.92. The first-order valence-electron chi connectivity index (χ1n) is 7.98. The van der Waals surface area contributed by atoms with Crippen molar-refractivity contribution < 1.29 is 9.53 Å². The molecular weight excluding hydrogens is 405 g/mol. The number of halogens is 2. The van der Waals surface area contributed by atoms with Crippen LogP contribution in [0.3, 0.4) is 0 Å². The van der Waals surface area contributed by atoms with Crippen LogP contribution in [0.2, 0.25) is 10.0 Å². The van der Waals surface area contributed by atoms with Gasteiger partial charge in [0.15, 0.2) is 0 Å². The quantitative estimate of drug-likeness (QED) is 0.657. The summed E-state index contributed by atoms with van der Waals surface area (Å²) in [6, 6.07) is 6.49. The Morgan fingerprint density at radius 1 is 1.32 bits per heavy atom. The monoisotopic (exact) mass is 419 g/mol. The summed E-state index contributed by atoms with van der Waals surface area (Å²) in [5.74, 6) is -0.938. The molecule has 28 heavy (non-hydrogen) atoms. The smallest absolute Gasteiger partial charge is 0.273 e. The van der Waals surface area contributed by atoms with E-state index in [9.17, 15) is 9.59 Å². The number of rotatable bonds is 5. The Balaban J connectivity index is 2.07. The number of aromatic nitrogens is 3. The summed E-state index contributed by atoms with van der Waals surface area (Å²) < 4.78 is 6.14. The zero-order valence-electron chi connectivity index (χ0n) is 14.6. The van der Waals surface area contributed by atoms with Gasteiger partial charge in [0.1, 0.15) is 17.7 Å². The van der Waals surface area contributed by atoms with Crippen molar-refractivity contribution in [3.05, 3.63) is 74.5 Å². The van der Waals surface area contributed by atoms with Gasteiger partial charge in [-0.1, -0.05) is 23.2 Å². The molecule has 0 aliphatic carbocycles. The molecule has 0 atom stereocenters. The normalized spacial score (nSPS) is 10.7. The van der Waals surface area contributed by atoms with E-state index in [1.54, 1.807) is 30.5 Å². The Hall–Kier alpha value is -2.94. The molecule has 3 rings (SSSR count). The van der Waals surface area contributed by atoms with E-state index < -0.39 is 11.5 Å². The molecule has 3 aromatic rings. The highest BCUT2D eigenvalue weighted by molar-refractivity contribution is 6.37. The number of hydrogen-bond donors (Lipinski definition) is 2. The van der Waals surface area contributed by atoms with E-state index in [4.69, 9.17) is 33.7 Å². The fourth-order valence-electron chi connectivity index (χ4n) is 2.57. The van der Waals surface area contributed by atoms with Crippen LogP contribution in [0, 0.1) is 0 Å². The fourth-order valence-corrected chi connectivity index (χ4v) is 3.28. The number of nitrogen functional groups attached to an aromatic ring is 1. The van der Waals surface area contributed by atoms with Gasteiger partial charge in [-0.05, 0) is 29.8 Å². The number of methoxy groups -OCH3 is 1. The SMILES string of the molecule is COCc1cc(Cl)c(-n2cnc(N)c(C(=O)Nc3cccnc3)c2=O)c(Cl)c1. The fraction of sp³-hybridized carbons (Fsp3) is 0.111. The van der Waals surface area contributed by atoms with Crippen molar-refractivity contribution in [2.75, 3.05) is 18.2 Å². The maximum Gasteiger partial charge on any atom is 0.273 e. The van der Waals surface area contributed by atoms with E-state index in [1.165, 1.54) is 19.6 Å². The van der Waals surface area contributed by atoms with Gasteiger partial charge in [-0.2, -0.15) is 0 Å². The lowest BCUT2D eigenvalue weighted by atomic mass is 10.2. The van der Waals surface area contributed by atoms with Crippen molar-refractivity contribution in [2.45, 2.75) is 6.61 Å². The molecule has 0 unspecified atom stereocenters. The standard InChI is InChI=1S/C18H15Cl2N5O3/c1-28-8-10-5-12(19)15(13(20)6-10)25-9-23-16(21)14(18(25)27)17(26)24-11-3-2-4-22-7-11/h2-7,9H,8,21H2,1H3,(H,24,26). The Bertz CT molecular complexity index is 1060. The molecule has 10 heteroatoms.